The molecule has 1 N–H and O–H groups in total. The predicted molar refractivity (Wildman–Crippen MR) is 79.4 cm³/mol. The number of anilines is 2. The molecule has 18 heavy (non-hydrogen) atoms. The van der Waals surface area contributed by atoms with Crippen LogP contribution in [0.3, 0.4) is 0 Å². The van der Waals surface area contributed by atoms with Crippen molar-refractivity contribution in [3.05, 3.63) is 52.5 Å². The highest BCUT2D eigenvalue weighted by molar-refractivity contribution is 7.22. The van der Waals surface area contributed by atoms with Crippen LogP contribution in [-0.2, 0) is 0 Å². The lowest BCUT2D eigenvalue weighted by molar-refractivity contribution is 1.44. The molecule has 0 saturated carbocycles. The number of hydrogen-bond acceptors (Lipinski definition) is 3. The number of hydrogen-bond donors (Lipinski definition) is 1. The molecule has 0 spiro atoms. The van der Waals surface area contributed by atoms with Crippen molar-refractivity contribution in [3.63, 3.8) is 0 Å². The van der Waals surface area contributed by atoms with Crippen LogP contribution >= 0.6 is 34.5 Å². The zero-order valence-corrected chi connectivity index (χ0v) is 11.5. The van der Waals surface area contributed by atoms with Gasteiger partial charge in [0.05, 0.1) is 10.2 Å². The van der Waals surface area contributed by atoms with Gasteiger partial charge in [0.2, 0.25) is 0 Å². The van der Waals surface area contributed by atoms with E-state index in [4.69, 9.17) is 23.2 Å². The molecule has 0 bridgehead atoms. The molecule has 0 fully saturated rings. The Labute approximate surface area is 118 Å². The minimum Gasteiger partial charge on any atom is -0.332 e. The van der Waals surface area contributed by atoms with Crippen LogP contribution in [0.2, 0.25) is 10.0 Å². The van der Waals surface area contributed by atoms with Crippen molar-refractivity contribution in [2.45, 2.75) is 0 Å². The summed E-state index contributed by atoms with van der Waals surface area (Å²) in [4.78, 5) is 4.49. The molecule has 0 amide bonds. The van der Waals surface area contributed by atoms with E-state index in [1.807, 2.05) is 42.5 Å². The number of aromatic nitrogens is 1. The molecule has 2 aromatic carbocycles. The van der Waals surface area contributed by atoms with Crippen LogP contribution in [-0.4, -0.2) is 4.98 Å². The van der Waals surface area contributed by atoms with Crippen LogP contribution in [0, 0.1) is 0 Å². The van der Waals surface area contributed by atoms with E-state index in [0.29, 0.717) is 0 Å². The highest BCUT2D eigenvalue weighted by atomic mass is 35.5. The van der Waals surface area contributed by atoms with E-state index < -0.39 is 0 Å². The highest BCUT2D eigenvalue weighted by Crippen LogP contribution is 2.30. The van der Waals surface area contributed by atoms with Crippen molar-refractivity contribution in [2.75, 3.05) is 5.32 Å². The second kappa shape index (κ2) is 4.76. The van der Waals surface area contributed by atoms with E-state index in [9.17, 15) is 0 Å². The summed E-state index contributed by atoms with van der Waals surface area (Å²) in [5.74, 6) is 0. The minimum atomic E-state index is 0.719. The van der Waals surface area contributed by atoms with Crippen molar-refractivity contribution in [2.24, 2.45) is 0 Å². The molecular formula is C13H8Cl2N2S. The van der Waals surface area contributed by atoms with E-state index >= 15 is 0 Å². The normalized spacial score (nSPS) is 10.8. The molecule has 2 nitrogen and oxygen atoms in total. The summed E-state index contributed by atoms with van der Waals surface area (Å²) >= 11 is 13.4. The summed E-state index contributed by atoms with van der Waals surface area (Å²) in [6, 6.07) is 13.2. The SMILES string of the molecule is Clc1ccc(Nc2nc3ccc(Cl)cc3s2)cc1. The molecule has 0 saturated heterocycles. The molecule has 5 heteroatoms. The van der Waals surface area contributed by atoms with Crippen LogP contribution in [0.1, 0.15) is 0 Å². The van der Waals surface area contributed by atoms with Crippen LogP contribution in [0.4, 0.5) is 10.8 Å². The Kier molecular flexibility index (Phi) is 3.12. The summed E-state index contributed by atoms with van der Waals surface area (Å²) < 4.78 is 1.07. The van der Waals surface area contributed by atoms with Crippen LogP contribution in [0.5, 0.6) is 0 Å². The number of nitrogens with one attached hydrogen (secondary N) is 1. The van der Waals surface area contributed by atoms with E-state index in [1.54, 1.807) is 11.3 Å². The lowest BCUT2D eigenvalue weighted by Gasteiger charge is -2.01. The topological polar surface area (TPSA) is 24.9 Å². The number of halogens is 2. The van der Waals surface area contributed by atoms with Gasteiger partial charge in [0, 0.05) is 15.7 Å². The largest absolute Gasteiger partial charge is 0.332 e. The molecule has 0 unspecified atom stereocenters. The average Bonchev–Trinajstić information content (AvgIpc) is 2.73. The Hall–Kier alpha value is -1.29. The molecule has 90 valence electrons. The lowest BCUT2D eigenvalue weighted by Crippen LogP contribution is -1.87. The summed E-state index contributed by atoms with van der Waals surface area (Å²) in [6.07, 6.45) is 0. The fourth-order valence-electron chi connectivity index (χ4n) is 1.61. The van der Waals surface area contributed by atoms with Gasteiger partial charge in [-0.15, -0.1) is 0 Å². The molecule has 1 heterocycles. The standard InChI is InChI=1S/C13H8Cl2N2S/c14-8-1-4-10(5-2-8)16-13-17-11-6-3-9(15)7-12(11)18-13/h1-7H,(H,16,17). The second-order valence-electron chi connectivity index (χ2n) is 3.76. The Bertz CT molecular complexity index is 692. The van der Waals surface area contributed by atoms with Gasteiger partial charge in [0.15, 0.2) is 5.13 Å². The smallest absolute Gasteiger partial charge is 0.188 e. The maximum absolute atomic E-state index is 5.95. The molecule has 0 radical (unpaired) electrons. The predicted octanol–water partition coefficient (Wildman–Crippen LogP) is 5.35. The monoisotopic (exact) mass is 294 g/mol. The summed E-state index contributed by atoms with van der Waals surface area (Å²) in [5.41, 5.74) is 1.91. The van der Waals surface area contributed by atoms with Gasteiger partial charge >= 0.3 is 0 Å². The maximum atomic E-state index is 5.95. The Morgan fingerprint density at radius 3 is 2.44 bits per heavy atom. The minimum absolute atomic E-state index is 0.719. The van der Waals surface area contributed by atoms with E-state index in [-0.39, 0.29) is 0 Å². The summed E-state index contributed by atoms with van der Waals surface area (Å²) in [5, 5.41) is 5.53. The van der Waals surface area contributed by atoms with Crippen LogP contribution in [0.25, 0.3) is 10.2 Å². The first-order chi connectivity index (χ1) is 8.70. The fourth-order valence-corrected chi connectivity index (χ4v) is 2.90. The molecule has 3 rings (SSSR count). The molecule has 3 aromatic rings. The zero-order chi connectivity index (χ0) is 12.5. The zero-order valence-electron chi connectivity index (χ0n) is 9.15. The Morgan fingerprint density at radius 1 is 0.944 bits per heavy atom. The van der Waals surface area contributed by atoms with Gasteiger partial charge in [-0.2, -0.15) is 0 Å². The van der Waals surface area contributed by atoms with Crippen LogP contribution in [0.15, 0.2) is 42.5 Å². The van der Waals surface area contributed by atoms with Crippen molar-refractivity contribution in [1.82, 2.24) is 4.98 Å². The van der Waals surface area contributed by atoms with Crippen molar-refractivity contribution >= 4 is 55.6 Å². The summed E-state index contributed by atoms with van der Waals surface area (Å²) in [6.45, 7) is 0. The Morgan fingerprint density at radius 2 is 1.67 bits per heavy atom. The third kappa shape index (κ3) is 2.43. The average molecular weight is 295 g/mol. The van der Waals surface area contributed by atoms with Gasteiger partial charge in [0.25, 0.3) is 0 Å². The molecule has 0 aliphatic rings. The van der Waals surface area contributed by atoms with Gasteiger partial charge in [-0.3, -0.25) is 0 Å². The third-order valence-corrected chi connectivity index (χ3v) is 3.87. The molecule has 0 aliphatic heterocycles. The molecule has 1 aromatic heterocycles. The van der Waals surface area contributed by atoms with E-state index in [0.717, 1.165) is 31.1 Å². The van der Waals surface area contributed by atoms with Gasteiger partial charge < -0.3 is 5.32 Å². The van der Waals surface area contributed by atoms with Crippen LogP contribution < -0.4 is 5.32 Å². The molecular weight excluding hydrogens is 287 g/mol. The maximum Gasteiger partial charge on any atom is 0.188 e. The van der Waals surface area contributed by atoms with E-state index in [2.05, 4.69) is 10.3 Å². The first-order valence-electron chi connectivity index (χ1n) is 5.29. The first-order valence-corrected chi connectivity index (χ1v) is 6.87. The highest BCUT2D eigenvalue weighted by Gasteiger charge is 2.04. The first kappa shape index (κ1) is 11.8. The number of thiazole rings is 1. The summed E-state index contributed by atoms with van der Waals surface area (Å²) in [7, 11) is 0. The van der Waals surface area contributed by atoms with Gasteiger partial charge in [-0.1, -0.05) is 34.5 Å². The second-order valence-corrected chi connectivity index (χ2v) is 5.67. The van der Waals surface area contributed by atoms with E-state index in [1.165, 1.54) is 0 Å². The lowest BCUT2D eigenvalue weighted by atomic mass is 10.3. The van der Waals surface area contributed by atoms with Gasteiger partial charge in [-0.25, -0.2) is 4.98 Å². The molecule has 0 aliphatic carbocycles. The quantitative estimate of drug-likeness (QED) is 0.689. The molecule has 0 atom stereocenters. The number of benzene rings is 2. The van der Waals surface area contributed by atoms with Gasteiger partial charge in [0.1, 0.15) is 0 Å². The number of fused-ring (bicyclic) bond motifs is 1. The van der Waals surface area contributed by atoms with Crippen molar-refractivity contribution in [1.29, 1.82) is 0 Å². The van der Waals surface area contributed by atoms with Crippen molar-refractivity contribution < 1.29 is 0 Å². The number of rotatable bonds is 2. The third-order valence-electron chi connectivity index (χ3n) is 2.45. The van der Waals surface area contributed by atoms with Gasteiger partial charge in [-0.05, 0) is 42.5 Å². The Balaban J connectivity index is 1.92. The number of nitrogens with zero attached hydrogens (tertiary/aromatic N) is 1. The fraction of sp³-hybridized carbons (Fsp3) is 0. The van der Waals surface area contributed by atoms with Crippen molar-refractivity contribution in [3.8, 4) is 0 Å².